The maximum Gasteiger partial charge on any atom is 0.316 e. The Bertz CT molecular complexity index is 1400. The first-order valence-corrected chi connectivity index (χ1v) is 13.5. The van der Waals surface area contributed by atoms with E-state index in [1.165, 1.54) is 24.3 Å². The van der Waals surface area contributed by atoms with Gasteiger partial charge in [0.15, 0.2) is 6.61 Å². The molecule has 0 bridgehead atoms. The maximum atomic E-state index is 12.7. The molecular weight excluding hydrogens is 492 g/mol. The first-order valence-electron chi connectivity index (χ1n) is 12.0. The van der Waals surface area contributed by atoms with Crippen molar-refractivity contribution in [2.75, 3.05) is 23.3 Å². The third-order valence-electron chi connectivity index (χ3n) is 6.40. The van der Waals surface area contributed by atoms with E-state index in [-0.39, 0.29) is 23.4 Å². The van der Waals surface area contributed by atoms with E-state index in [0.29, 0.717) is 23.7 Å². The van der Waals surface area contributed by atoms with Crippen LogP contribution in [0.4, 0.5) is 11.4 Å². The molecule has 3 aromatic carbocycles. The molecule has 0 radical (unpaired) electrons. The highest BCUT2D eigenvalue weighted by Crippen LogP contribution is 2.49. The lowest BCUT2D eigenvalue weighted by atomic mass is 9.96. The van der Waals surface area contributed by atoms with Crippen molar-refractivity contribution in [3.8, 4) is 5.75 Å². The van der Waals surface area contributed by atoms with Crippen LogP contribution in [0.25, 0.3) is 0 Å². The first-order chi connectivity index (χ1) is 17.6. The van der Waals surface area contributed by atoms with Gasteiger partial charge in [-0.3, -0.25) is 14.3 Å². The van der Waals surface area contributed by atoms with Gasteiger partial charge in [-0.05, 0) is 98.8 Å². The summed E-state index contributed by atoms with van der Waals surface area (Å²) in [4.78, 5) is 24.7. The molecule has 9 heteroatoms. The van der Waals surface area contributed by atoms with E-state index in [1.54, 1.807) is 31.2 Å². The predicted octanol–water partition coefficient (Wildman–Crippen LogP) is 4.72. The molecule has 1 amide bonds. The Morgan fingerprint density at radius 3 is 2.14 bits per heavy atom. The number of hydrogen-bond acceptors (Lipinski definition) is 6. The van der Waals surface area contributed by atoms with Crippen LogP contribution in [0.15, 0.2) is 71.6 Å². The van der Waals surface area contributed by atoms with Crippen LogP contribution in [0.2, 0.25) is 0 Å². The summed E-state index contributed by atoms with van der Waals surface area (Å²) in [6.45, 7) is 5.76. The van der Waals surface area contributed by atoms with E-state index in [2.05, 4.69) is 10.0 Å². The standard InChI is InChI=1S/C28H30N2O6S/c1-4-35-27(32)28(15-16-28)21-6-9-22(10-7-21)29-26(31)18-36-24-11-13-25(14-12-24)37(33,34)30-23-8-5-19(2)20(3)17-23/h5-14,17,30H,4,15-16,18H2,1-3H3,(H,29,31). The number of benzene rings is 3. The fraction of sp³-hybridized carbons (Fsp3) is 0.286. The fourth-order valence-electron chi connectivity index (χ4n) is 3.96. The summed E-state index contributed by atoms with van der Waals surface area (Å²) in [5.41, 5.74) is 3.45. The number of ether oxygens (including phenoxy) is 2. The Hall–Kier alpha value is -3.85. The maximum absolute atomic E-state index is 12.7. The van der Waals surface area contributed by atoms with Crippen molar-refractivity contribution in [2.24, 2.45) is 0 Å². The molecule has 1 fully saturated rings. The Balaban J connectivity index is 1.30. The van der Waals surface area contributed by atoms with Crippen LogP contribution in [-0.2, 0) is 29.8 Å². The summed E-state index contributed by atoms with van der Waals surface area (Å²) in [5.74, 6) is -0.215. The number of rotatable bonds is 10. The Morgan fingerprint density at radius 2 is 1.54 bits per heavy atom. The van der Waals surface area contributed by atoms with Crippen molar-refractivity contribution >= 4 is 33.3 Å². The Labute approximate surface area is 217 Å². The molecule has 4 rings (SSSR count). The van der Waals surface area contributed by atoms with E-state index in [0.717, 1.165) is 29.5 Å². The minimum Gasteiger partial charge on any atom is -0.484 e. The third-order valence-corrected chi connectivity index (χ3v) is 7.80. The van der Waals surface area contributed by atoms with Crippen molar-refractivity contribution in [3.05, 3.63) is 83.4 Å². The van der Waals surface area contributed by atoms with Gasteiger partial charge in [0.1, 0.15) is 5.75 Å². The fourth-order valence-corrected chi connectivity index (χ4v) is 5.01. The van der Waals surface area contributed by atoms with Gasteiger partial charge in [-0.1, -0.05) is 18.2 Å². The Kier molecular flexibility index (Phi) is 7.54. The van der Waals surface area contributed by atoms with Crippen LogP contribution < -0.4 is 14.8 Å². The molecule has 0 aromatic heterocycles. The van der Waals surface area contributed by atoms with Gasteiger partial charge in [-0.25, -0.2) is 8.42 Å². The second-order valence-corrected chi connectivity index (χ2v) is 10.8. The lowest BCUT2D eigenvalue weighted by molar-refractivity contribution is -0.146. The number of nitrogens with one attached hydrogen (secondary N) is 2. The molecule has 2 N–H and O–H groups in total. The highest BCUT2D eigenvalue weighted by atomic mass is 32.2. The van der Waals surface area contributed by atoms with Crippen LogP contribution in [0.3, 0.4) is 0 Å². The van der Waals surface area contributed by atoms with E-state index < -0.39 is 15.4 Å². The van der Waals surface area contributed by atoms with Gasteiger partial charge in [-0.2, -0.15) is 0 Å². The van der Waals surface area contributed by atoms with Crippen molar-refractivity contribution in [1.82, 2.24) is 0 Å². The second kappa shape index (κ2) is 10.6. The number of anilines is 2. The number of esters is 1. The van der Waals surface area contributed by atoms with Gasteiger partial charge in [0.25, 0.3) is 15.9 Å². The van der Waals surface area contributed by atoms with Gasteiger partial charge in [0.2, 0.25) is 0 Å². The molecule has 0 aliphatic heterocycles. The molecule has 0 saturated heterocycles. The minimum atomic E-state index is -3.76. The third kappa shape index (κ3) is 6.11. The molecule has 8 nitrogen and oxygen atoms in total. The number of amides is 1. The summed E-state index contributed by atoms with van der Waals surface area (Å²) >= 11 is 0. The van der Waals surface area contributed by atoms with Crippen LogP contribution >= 0.6 is 0 Å². The van der Waals surface area contributed by atoms with Crippen LogP contribution in [0, 0.1) is 13.8 Å². The molecule has 0 atom stereocenters. The predicted molar refractivity (Wildman–Crippen MR) is 141 cm³/mol. The number of carbonyl (C=O) groups excluding carboxylic acids is 2. The number of carbonyl (C=O) groups is 2. The zero-order chi connectivity index (χ0) is 26.6. The highest BCUT2D eigenvalue weighted by molar-refractivity contribution is 7.92. The molecule has 3 aromatic rings. The molecule has 0 spiro atoms. The first kappa shape index (κ1) is 26.2. The van der Waals surface area contributed by atoms with Crippen LogP contribution in [-0.4, -0.2) is 33.5 Å². The lowest BCUT2D eigenvalue weighted by Crippen LogP contribution is -2.23. The van der Waals surface area contributed by atoms with Gasteiger partial charge in [0, 0.05) is 11.4 Å². The van der Waals surface area contributed by atoms with E-state index in [1.807, 2.05) is 32.0 Å². The van der Waals surface area contributed by atoms with Gasteiger partial charge in [0.05, 0.1) is 16.9 Å². The highest BCUT2D eigenvalue weighted by Gasteiger charge is 2.52. The van der Waals surface area contributed by atoms with Gasteiger partial charge in [-0.15, -0.1) is 0 Å². The number of aryl methyl sites for hydroxylation is 2. The molecule has 194 valence electrons. The summed E-state index contributed by atoms with van der Waals surface area (Å²) in [7, 11) is -3.76. The number of sulfonamides is 1. The van der Waals surface area contributed by atoms with Crippen molar-refractivity contribution in [1.29, 1.82) is 0 Å². The van der Waals surface area contributed by atoms with Crippen molar-refractivity contribution in [3.63, 3.8) is 0 Å². The van der Waals surface area contributed by atoms with E-state index in [9.17, 15) is 18.0 Å². The quantitative estimate of drug-likeness (QED) is 0.373. The summed E-state index contributed by atoms with van der Waals surface area (Å²) in [6.07, 6.45) is 1.51. The van der Waals surface area contributed by atoms with Crippen LogP contribution in [0.1, 0.15) is 36.5 Å². The van der Waals surface area contributed by atoms with Gasteiger partial charge >= 0.3 is 5.97 Å². The van der Waals surface area contributed by atoms with Gasteiger partial charge < -0.3 is 14.8 Å². The lowest BCUT2D eigenvalue weighted by Gasteiger charge is -2.15. The molecule has 0 unspecified atom stereocenters. The smallest absolute Gasteiger partial charge is 0.316 e. The average molecular weight is 523 g/mol. The topological polar surface area (TPSA) is 111 Å². The molecule has 1 aliphatic rings. The molecule has 1 saturated carbocycles. The number of hydrogen-bond donors (Lipinski definition) is 2. The molecular formula is C28H30N2O6S. The molecule has 37 heavy (non-hydrogen) atoms. The minimum absolute atomic E-state index is 0.0823. The molecule has 0 heterocycles. The largest absolute Gasteiger partial charge is 0.484 e. The summed E-state index contributed by atoms with van der Waals surface area (Å²) in [5, 5.41) is 2.75. The zero-order valence-corrected chi connectivity index (χ0v) is 21.9. The van der Waals surface area contributed by atoms with Crippen molar-refractivity contribution in [2.45, 2.75) is 43.9 Å². The molecule has 1 aliphatic carbocycles. The Morgan fingerprint density at radius 1 is 0.892 bits per heavy atom. The van der Waals surface area contributed by atoms with E-state index >= 15 is 0 Å². The second-order valence-electron chi connectivity index (χ2n) is 9.09. The monoisotopic (exact) mass is 522 g/mol. The average Bonchev–Trinajstić information content (AvgIpc) is 3.68. The normalized spacial score (nSPS) is 13.9. The zero-order valence-electron chi connectivity index (χ0n) is 21.0. The van der Waals surface area contributed by atoms with Crippen LogP contribution in [0.5, 0.6) is 5.75 Å². The summed E-state index contributed by atoms with van der Waals surface area (Å²) in [6, 6.07) is 18.3. The summed E-state index contributed by atoms with van der Waals surface area (Å²) < 4.78 is 38.7. The van der Waals surface area contributed by atoms with Crippen molar-refractivity contribution < 1.29 is 27.5 Å². The van der Waals surface area contributed by atoms with E-state index in [4.69, 9.17) is 9.47 Å². The SMILES string of the molecule is CCOC(=O)C1(c2ccc(NC(=O)COc3ccc(S(=O)(=O)Nc4ccc(C)c(C)c4)cc3)cc2)CC1.